The second-order valence-corrected chi connectivity index (χ2v) is 12.2. The number of amides is 2. The Balaban J connectivity index is 1.20. The summed E-state index contributed by atoms with van der Waals surface area (Å²) in [6, 6.07) is 13.2. The van der Waals surface area contributed by atoms with Gasteiger partial charge in [-0.1, -0.05) is 0 Å². The first-order valence-corrected chi connectivity index (χ1v) is 13.9. The highest BCUT2D eigenvalue weighted by atomic mass is 32.2. The summed E-state index contributed by atoms with van der Waals surface area (Å²) in [4.78, 5) is 16.9. The number of rotatable bonds is 7. The van der Waals surface area contributed by atoms with Gasteiger partial charge in [0.1, 0.15) is 0 Å². The highest BCUT2D eigenvalue weighted by Crippen LogP contribution is 2.37. The molecule has 2 amide bonds. The van der Waals surface area contributed by atoms with Crippen LogP contribution in [0.5, 0.6) is 0 Å². The molecule has 192 valence electrons. The third-order valence-corrected chi connectivity index (χ3v) is 8.97. The van der Waals surface area contributed by atoms with Crippen LogP contribution in [0.4, 0.5) is 23.7 Å². The number of hydrogen-bond acceptors (Lipinski definition) is 6. The molecule has 0 spiro atoms. The van der Waals surface area contributed by atoms with E-state index < -0.39 is 15.3 Å². The molecule has 2 heterocycles. The Bertz CT molecular complexity index is 1220. The summed E-state index contributed by atoms with van der Waals surface area (Å²) in [5.74, 6) is 0.632. The van der Waals surface area contributed by atoms with Crippen molar-refractivity contribution in [3.8, 4) is 6.07 Å². The molecule has 2 atom stereocenters. The molecule has 0 radical (unpaired) electrons. The number of likely N-dealkylation sites (tertiary alicyclic amines) is 2. The fourth-order valence-corrected chi connectivity index (χ4v) is 6.55. The van der Waals surface area contributed by atoms with Crippen molar-refractivity contribution in [2.45, 2.75) is 21.7 Å². The van der Waals surface area contributed by atoms with E-state index in [0.29, 0.717) is 49.1 Å². The van der Waals surface area contributed by atoms with Crippen LogP contribution in [0, 0.1) is 23.2 Å². The lowest BCUT2D eigenvalue weighted by Gasteiger charge is -2.22. The van der Waals surface area contributed by atoms with Gasteiger partial charge in [0.15, 0.2) is 9.84 Å². The monoisotopic (exact) mass is 538 g/mol. The number of hydrogen-bond donors (Lipinski definition) is 1. The molecule has 0 aromatic heterocycles. The molecule has 2 aromatic carbocycles. The van der Waals surface area contributed by atoms with Crippen LogP contribution in [0.3, 0.4) is 0 Å². The van der Waals surface area contributed by atoms with Crippen molar-refractivity contribution in [3.05, 3.63) is 54.1 Å². The number of halogens is 3. The van der Waals surface area contributed by atoms with Gasteiger partial charge in [-0.2, -0.15) is 18.4 Å². The van der Waals surface area contributed by atoms with Crippen molar-refractivity contribution in [1.82, 2.24) is 9.80 Å². The number of fused-ring (bicyclic) bond motifs is 1. The van der Waals surface area contributed by atoms with E-state index in [-0.39, 0.29) is 33.3 Å². The first kappa shape index (κ1) is 26.3. The fraction of sp³-hybridized carbons (Fsp3) is 0.417. The van der Waals surface area contributed by atoms with Gasteiger partial charge in [-0.05, 0) is 85.1 Å². The van der Waals surface area contributed by atoms with Gasteiger partial charge in [-0.3, -0.25) is 0 Å². The molecule has 36 heavy (non-hydrogen) atoms. The molecule has 0 saturated carbocycles. The number of nitrogens with one attached hydrogen (secondary N) is 1. The number of anilines is 1. The summed E-state index contributed by atoms with van der Waals surface area (Å²) in [6.07, 6.45) is 0.495. The number of sulfone groups is 1. The molecule has 2 unspecified atom stereocenters. The topological polar surface area (TPSA) is 93.5 Å². The summed E-state index contributed by atoms with van der Waals surface area (Å²) in [5.41, 5.74) is -3.50. The predicted molar refractivity (Wildman–Crippen MR) is 130 cm³/mol. The molecule has 0 aliphatic carbocycles. The van der Waals surface area contributed by atoms with Crippen LogP contribution in [0.25, 0.3) is 0 Å². The van der Waals surface area contributed by atoms with E-state index in [9.17, 15) is 26.4 Å². The average Bonchev–Trinajstić information content (AvgIpc) is 3.38. The second kappa shape index (κ2) is 10.7. The molecule has 2 fully saturated rings. The summed E-state index contributed by atoms with van der Waals surface area (Å²) in [5, 5.41) is 11.6. The zero-order chi connectivity index (χ0) is 25.9. The van der Waals surface area contributed by atoms with E-state index in [1.54, 1.807) is 4.90 Å². The number of thioether (sulfide) groups is 1. The minimum absolute atomic E-state index is 0.0273. The Morgan fingerprint density at radius 3 is 2.19 bits per heavy atom. The van der Waals surface area contributed by atoms with Crippen LogP contribution >= 0.6 is 11.8 Å². The SMILES string of the molecule is N#Cc1ccc(S(=O)(=O)CCCN2CC3CN(C(=O)Nc4ccc(SC(F)(F)F)cc4)CC3C2)cc1. The predicted octanol–water partition coefficient (Wildman–Crippen LogP) is 4.43. The van der Waals surface area contributed by atoms with Gasteiger partial charge in [0.25, 0.3) is 0 Å². The number of nitriles is 1. The summed E-state index contributed by atoms with van der Waals surface area (Å²) in [7, 11) is -3.41. The maximum absolute atomic E-state index is 12.6. The highest BCUT2D eigenvalue weighted by molar-refractivity contribution is 8.00. The van der Waals surface area contributed by atoms with Gasteiger partial charge in [0.2, 0.25) is 0 Å². The molecule has 12 heteroatoms. The fourth-order valence-electron chi connectivity index (χ4n) is 4.71. The minimum atomic E-state index is -4.36. The maximum atomic E-state index is 12.6. The van der Waals surface area contributed by atoms with Gasteiger partial charge in [0, 0.05) is 36.8 Å². The van der Waals surface area contributed by atoms with E-state index in [1.807, 2.05) is 6.07 Å². The van der Waals surface area contributed by atoms with Crippen molar-refractivity contribution in [2.24, 2.45) is 11.8 Å². The minimum Gasteiger partial charge on any atom is -0.324 e. The first-order valence-electron chi connectivity index (χ1n) is 11.4. The van der Waals surface area contributed by atoms with Crippen molar-refractivity contribution >= 4 is 33.3 Å². The van der Waals surface area contributed by atoms with Gasteiger partial charge >= 0.3 is 11.5 Å². The summed E-state index contributed by atoms with van der Waals surface area (Å²) >= 11 is -0.200. The largest absolute Gasteiger partial charge is 0.446 e. The normalized spacial score (nSPS) is 20.2. The molecule has 2 aromatic rings. The lowest BCUT2D eigenvalue weighted by Crippen LogP contribution is -2.36. The standard InChI is InChI=1S/C24H25F3N4O3S2/c25-24(26,27)35-21-6-4-20(5-7-21)29-23(32)31-15-18-13-30(14-19(18)16-31)10-1-11-36(33,34)22-8-2-17(12-28)3-9-22/h2-9,18-19H,1,10-11,13-16H2,(H,29,32). The van der Waals surface area contributed by atoms with Crippen molar-refractivity contribution in [3.63, 3.8) is 0 Å². The van der Waals surface area contributed by atoms with E-state index in [4.69, 9.17) is 5.26 Å². The molecule has 7 nitrogen and oxygen atoms in total. The van der Waals surface area contributed by atoms with E-state index in [0.717, 1.165) is 13.1 Å². The van der Waals surface area contributed by atoms with Crippen LogP contribution in [-0.2, 0) is 9.84 Å². The Kier molecular flexibility index (Phi) is 7.82. The van der Waals surface area contributed by atoms with E-state index in [1.165, 1.54) is 48.5 Å². The number of carbonyl (C=O) groups is 1. The summed E-state index contributed by atoms with van der Waals surface area (Å²) < 4.78 is 62.5. The Hall–Kier alpha value is -2.75. The number of urea groups is 1. The van der Waals surface area contributed by atoms with Crippen LogP contribution in [-0.4, -0.2) is 68.2 Å². The Morgan fingerprint density at radius 2 is 1.64 bits per heavy atom. The number of carbonyl (C=O) groups excluding carboxylic acids is 1. The van der Waals surface area contributed by atoms with Gasteiger partial charge in [0.05, 0.1) is 22.3 Å². The zero-order valence-corrected chi connectivity index (χ0v) is 20.9. The third-order valence-electron chi connectivity index (χ3n) is 6.42. The molecule has 2 saturated heterocycles. The van der Waals surface area contributed by atoms with Gasteiger partial charge in [-0.25, -0.2) is 13.2 Å². The molecule has 2 aliphatic heterocycles. The smallest absolute Gasteiger partial charge is 0.324 e. The highest BCUT2D eigenvalue weighted by Gasteiger charge is 2.41. The van der Waals surface area contributed by atoms with Crippen LogP contribution < -0.4 is 5.32 Å². The van der Waals surface area contributed by atoms with Crippen LogP contribution in [0.15, 0.2) is 58.3 Å². The van der Waals surface area contributed by atoms with Gasteiger partial charge < -0.3 is 15.1 Å². The van der Waals surface area contributed by atoms with Crippen molar-refractivity contribution in [1.29, 1.82) is 5.26 Å². The number of alkyl halides is 3. The van der Waals surface area contributed by atoms with Crippen LogP contribution in [0.1, 0.15) is 12.0 Å². The number of benzene rings is 2. The van der Waals surface area contributed by atoms with Crippen molar-refractivity contribution < 1.29 is 26.4 Å². The van der Waals surface area contributed by atoms with E-state index >= 15 is 0 Å². The lowest BCUT2D eigenvalue weighted by atomic mass is 10.0. The third kappa shape index (κ3) is 6.72. The summed E-state index contributed by atoms with van der Waals surface area (Å²) in [6.45, 7) is 3.39. The average molecular weight is 539 g/mol. The molecular weight excluding hydrogens is 513 g/mol. The zero-order valence-electron chi connectivity index (χ0n) is 19.2. The molecule has 4 rings (SSSR count). The van der Waals surface area contributed by atoms with Gasteiger partial charge in [-0.15, -0.1) is 0 Å². The molecule has 2 aliphatic rings. The lowest BCUT2D eigenvalue weighted by molar-refractivity contribution is -0.0328. The molecule has 1 N–H and O–H groups in total. The quantitative estimate of drug-likeness (QED) is 0.525. The second-order valence-electron chi connectivity index (χ2n) is 9.00. The maximum Gasteiger partial charge on any atom is 0.446 e. The van der Waals surface area contributed by atoms with Crippen molar-refractivity contribution in [2.75, 3.05) is 43.8 Å². The Labute approximate surface area is 212 Å². The van der Waals surface area contributed by atoms with E-state index in [2.05, 4.69) is 10.2 Å². The number of nitrogens with zero attached hydrogens (tertiary/aromatic N) is 3. The van der Waals surface area contributed by atoms with Crippen LogP contribution in [0.2, 0.25) is 0 Å². The molecule has 0 bridgehead atoms. The first-order chi connectivity index (χ1) is 17.0. The Morgan fingerprint density at radius 1 is 1.03 bits per heavy atom. The molecular formula is C24H25F3N4O3S2.